The van der Waals surface area contributed by atoms with Gasteiger partial charge in [-0.3, -0.25) is 9.48 Å². The summed E-state index contributed by atoms with van der Waals surface area (Å²) in [6.07, 6.45) is 7.16. The molecule has 2 fully saturated rings. The molecule has 0 bridgehead atoms. The second-order valence-electron chi connectivity index (χ2n) is 4.97. The summed E-state index contributed by atoms with van der Waals surface area (Å²) >= 11 is 1.98. The molecule has 1 saturated heterocycles. The Morgan fingerprint density at radius 3 is 3.06 bits per heavy atom. The van der Waals surface area contributed by atoms with Crippen LogP contribution in [-0.2, 0) is 11.3 Å². The maximum absolute atomic E-state index is 11.6. The zero-order chi connectivity index (χ0) is 12.4. The summed E-state index contributed by atoms with van der Waals surface area (Å²) in [7, 11) is 0. The number of thioether (sulfide) groups is 1. The van der Waals surface area contributed by atoms with Gasteiger partial charge >= 0.3 is 0 Å². The minimum absolute atomic E-state index is 0.0589. The highest BCUT2D eigenvalue weighted by Crippen LogP contribution is 2.21. The van der Waals surface area contributed by atoms with E-state index in [1.54, 1.807) is 10.9 Å². The number of nitrogens with zero attached hydrogens (tertiary/aromatic N) is 2. The third-order valence-electron chi connectivity index (χ3n) is 3.18. The van der Waals surface area contributed by atoms with E-state index >= 15 is 0 Å². The van der Waals surface area contributed by atoms with Crippen molar-refractivity contribution in [2.75, 3.05) is 16.8 Å². The van der Waals surface area contributed by atoms with Crippen LogP contribution in [0.25, 0.3) is 0 Å². The number of carbonyl (C=O) groups excluding carboxylic acids is 1. The lowest BCUT2D eigenvalue weighted by atomic mass is 10.2. The summed E-state index contributed by atoms with van der Waals surface area (Å²) < 4.78 is 1.70. The summed E-state index contributed by atoms with van der Waals surface area (Å²) in [6, 6.07) is 0.967. The zero-order valence-electron chi connectivity index (χ0n) is 10.3. The van der Waals surface area contributed by atoms with Crippen LogP contribution in [0.1, 0.15) is 19.3 Å². The molecule has 3 rings (SSSR count). The van der Waals surface area contributed by atoms with Crippen LogP contribution in [0.4, 0.5) is 5.69 Å². The van der Waals surface area contributed by atoms with Gasteiger partial charge in [0.1, 0.15) is 6.54 Å². The summed E-state index contributed by atoms with van der Waals surface area (Å²) in [5, 5.41) is 10.6. The molecule has 1 aromatic rings. The number of nitrogens with one attached hydrogen (secondary N) is 2. The smallest absolute Gasteiger partial charge is 0.241 e. The molecule has 18 heavy (non-hydrogen) atoms. The van der Waals surface area contributed by atoms with Gasteiger partial charge in [0.25, 0.3) is 0 Å². The Hall–Kier alpha value is -1.17. The first-order valence-corrected chi connectivity index (χ1v) is 7.61. The van der Waals surface area contributed by atoms with Gasteiger partial charge in [0.15, 0.2) is 0 Å². The Bertz CT molecular complexity index is 423. The van der Waals surface area contributed by atoms with Gasteiger partial charge in [-0.1, -0.05) is 0 Å². The van der Waals surface area contributed by atoms with Crippen molar-refractivity contribution in [2.45, 2.75) is 37.9 Å². The number of carbonyl (C=O) groups is 1. The normalized spacial score (nSPS) is 23.0. The maximum atomic E-state index is 11.6. The fraction of sp³-hybridized carbons (Fsp3) is 0.667. The van der Waals surface area contributed by atoms with E-state index in [2.05, 4.69) is 15.7 Å². The molecule has 0 radical (unpaired) electrons. The largest absolute Gasteiger partial charge is 0.379 e. The summed E-state index contributed by atoms with van der Waals surface area (Å²) in [5.41, 5.74) is 1.02. The number of rotatable bonds is 5. The van der Waals surface area contributed by atoms with Crippen molar-refractivity contribution in [3.05, 3.63) is 12.4 Å². The first-order valence-electron chi connectivity index (χ1n) is 6.46. The van der Waals surface area contributed by atoms with Crippen molar-refractivity contribution in [1.82, 2.24) is 15.1 Å². The number of hydrogen-bond donors (Lipinski definition) is 2. The van der Waals surface area contributed by atoms with Gasteiger partial charge < -0.3 is 10.6 Å². The van der Waals surface area contributed by atoms with Crippen LogP contribution >= 0.6 is 11.8 Å². The molecule has 1 aliphatic heterocycles. The SMILES string of the molecule is O=C(Cn1cc(NC2CCSC2)cn1)NC1CC1. The molecule has 5 nitrogen and oxygen atoms in total. The van der Waals surface area contributed by atoms with Gasteiger partial charge in [-0.2, -0.15) is 16.9 Å². The molecule has 1 unspecified atom stereocenters. The Balaban J connectivity index is 1.50. The molecule has 98 valence electrons. The molecule has 1 saturated carbocycles. The van der Waals surface area contributed by atoms with E-state index in [4.69, 9.17) is 0 Å². The highest BCUT2D eigenvalue weighted by molar-refractivity contribution is 7.99. The molecular formula is C12H18N4OS. The predicted molar refractivity (Wildman–Crippen MR) is 72.7 cm³/mol. The Kier molecular flexibility index (Phi) is 3.45. The van der Waals surface area contributed by atoms with Gasteiger partial charge in [0.05, 0.1) is 11.9 Å². The molecule has 0 spiro atoms. The van der Waals surface area contributed by atoms with Crippen LogP contribution in [0, 0.1) is 0 Å². The third-order valence-corrected chi connectivity index (χ3v) is 4.34. The molecule has 1 atom stereocenters. The number of anilines is 1. The average Bonchev–Trinajstić information content (AvgIpc) is 2.84. The van der Waals surface area contributed by atoms with Crippen molar-refractivity contribution in [2.24, 2.45) is 0 Å². The van der Waals surface area contributed by atoms with Crippen LogP contribution in [0.2, 0.25) is 0 Å². The average molecular weight is 266 g/mol. The number of amides is 1. The van der Waals surface area contributed by atoms with Crippen LogP contribution in [0.15, 0.2) is 12.4 Å². The lowest BCUT2D eigenvalue weighted by Gasteiger charge is -2.09. The van der Waals surface area contributed by atoms with Crippen molar-refractivity contribution < 1.29 is 4.79 Å². The Labute approximate surface area is 111 Å². The number of hydrogen-bond acceptors (Lipinski definition) is 4. The predicted octanol–water partition coefficient (Wildman–Crippen LogP) is 1.08. The molecule has 2 N–H and O–H groups in total. The fourth-order valence-electron chi connectivity index (χ4n) is 2.06. The third kappa shape index (κ3) is 3.19. The zero-order valence-corrected chi connectivity index (χ0v) is 11.1. The molecule has 1 aromatic heterocycles. The summed E-state index contributed by atoms with van der Waals surface area (Å²) in [6.45, 7) is 0.317. The summed E-state index contributed by atoms with van der Waals surface area (Å²) in [4.78, 5) is 11.6. The lowest BCUT2D eigenvalue weighted by Crippen LogP contribution is -2.29. The first-order chi connectivity index (χ1) is 8.79. The second kappa shape index (κ2) is 5.22. The van der Waals surface area contributed by atoms with Gasteiger partial charge in [0.2, 0.25) is 5.91 Å². The lowest BCUT2D eigenvalue weighted by molar-refractivity contribution is -0.122. The van der Waals surface area contributed by atoms with E-state index in [0.29, 0.717) is 18.6 Å². The topological polar surface area (TPSA) is 59.0 Å². The molecule has 1 amide bonds. The van der Waals surface area contributed by atoms with Gasteiger partial charge in [-0.25, -0.2) is 0 Å². The van der Waals surface area contributed by atoms with Gasteiger partial charge in [-0.15, -0.1) is 0 Å². The Morgan fingerprint density at radius 1 is 1.44 bits per heavy atom. The maximum Gasteiger partial charge on any atom is 0.241 e. The van der Waals surface area contributed by atoms with Crippen LogP contribution < -0.4 is 10.6 Å². The van der Waals surface area contributed by atoms with Gasteiger partial charge in [0, 0.05) is 24.0 Å². The minimum Gasteiger partial charge on any atom is -0.379 e. The highest BCUT2D eigenvalue weighted by atomic mass is 32.2. The molecule has 2 aliphatic rings. The minimum atomic E-state index is 0.0589. The van der Waals surface area contributed by atoms with E-state index in [9.17, 15) is 4.79 Å². The van der Waals surface area contributed by atoms with E-state index < -0.39 is 0 Å². The van der Waals surface area contributed by atoms with E-state index in [1.165, 1.54) is 12.2 Å². The fourth-order valence-corrected chi connectivity index (χ4v) is 3.21. The Morgan fingerprint density at radius 2 is 2.33 bits per heavy atom. The van der Waals surface area contributed by atoms with E-state index in [0.717, 1.165) is 24.3 Å². The van der Waals surface area contributed by atoms with E-state index in [-0.39, 0.29) is 5.91 Å². The van der Waals surface area contributed by atoms with Crippen LogP contribution in [0.3, 0.4) is 0 Å². The van der Waals surface area contributed by atoms with E-state index in [1.807, 2.05) is 18.0 Å². The van der Waals surface area contributed by atoms with Crippen molar-refractivity contribution >= 4 is 23.4 Å². The number of aromatic nitrogens is 2. The molecule has 1 aliphatic carbocycles. The molecule has 2 heterocycles. The van der Waals surface area contributed by atoms with Crippen LogP contribution in [0.5, 0.6) is 0 Å². The highest BCUT2D eigenvalue weighted by Gasteiger charge is 2.23. The monoisotopic (exact) mass is 266 g/mol. The molecule has 0 aromatic carbocycles. The van der Waals surface area contributed by atoms with Gasteiger partial charge in [-0.05, 0) is 25.0 Å². The summed E-state index contributed by atoms with van der Waals surface area (Å²) in [5.74, 6) is 2.45. The quantitative estimate of drug-likeness (QED) is 0.837. The molecular weight excluding hydrogens is 248 g/mol. The first kappa shape index (κ1) is 11.9. The van der Waals surface area contributed by atoms with Crippen molar-refractivity contribution in [1.29, 1.82) is 0 Å². The van der Waals surface area contributed by atoms with Crippen molar-refractivity contribution in [3.8, 4) is 0 Å². The van der Waals surface area contributed by atoms with Crippen molar-refractivity contribution in [3.63, 3.8) is 0 Å². The standard InChI is InChI=1S/C12H18N4OS/c17-12(15-9-1-2-9)7-16-6-11(5-13-16)14-10-3-4-18-8-10/h5-6,9-10,14H,1-4,7-8H2,(H,15,17). The molecule has 6 heteroatoms. The van der Waals surface area contributed by atoms with Crippen LogP contribution in [-0.4, -0.2) is 39.3 Å². The second-order valence-corrected chi connectivity index (χ2v) is 6.12.